The van der Waals surface area contributed by atoms with Gasteiger partial charge in [0.25, 0.3) is 0 Å². The van der Waals surface area contributed by atoms with E-state index in [9.17, 15) is 0 Å². The fraction of sp³-hybridized carbons (Fsp3) is 0.400. The van der Waals surface area contributed by atoms with Gasteiger partial charge in [-0.25, -0.2) is 0 Å². The van der Waals surface area contributed by atoms with Crippen LogP contribution in [0.4, 0.5) is 0 Å². The number of piperazine rings is 1. The predicted octanol–water partition coefficient (Wildman–Crippen LogP) is 0.434. The first-order chi connectivity index (χ1) is 6.38. The van der Waals surface area contributed by atoms with E-state index >= 15 is 0 Å². The first-order valence-corrected chi connectivity index (χ1v) is 4.55. The summed E-state index contributed by atoms with van der Waals surface area (Å²) < 4.78 is 0. The Morgan fingerprint density at radius 2 is 2.08 bits per heavy atom. The minimum absolute atomic E-state index is 1.03. The maximum atomic E-state index is 5.37. The highest BCUT2D eigenvalue weighted by Gasteiger charge is 2.09. The third-order valence-electron chi connectivity index (χ3n) is 2.04. The summed E-state index contributed by atoms with van der Waals surface area (Å²) in [7, 11) is 0. The number of nitrogens with two attached hydrogens (primary N) is 1. The van der Waals surface area contributed by atoms with Gasteiger partial charge >= 0.3 is 0 Å². The van der Waals surface area contributed by atoms with Crippen LogP contribution in [-0.4, -0.2) is 31.1 Å². The van der Waals surface area contributed by atoms with Crippen LogP contribution in [0.3, 0.4) is 0 Å². The van der Waals surface area contributed by atoms with Gasteiger partial charge in [-0.2, -0.15) is 0 Å². The largest absolute Gasteiger partial charge is 0.405 e. The van der Waals surface area contributed by atoms with E-state index < -0.39 is 0 Å². The highest BCUT2D eigenvalue weighted by molar-refractivity contribution is 5.21. The molecule has 1 saturated heterocycles. The van der Waals surface area contributed by atoms with Crippen LogP contribution in [0.1, 0.15) is 0 Å². The Morgan fingerprint density at radius 3 is 2.62 bits per heavy atom. The lowest BCUT2D eigenvalue weighted by Gasteiger charge is -2.30. The summed E-state index contributed by atoms with van der Waals surface area (Å²) >= 11 is 0. The summed E-state index contributed by atoms with van der Waals surface area (Å²) in [5.74, 6) is 0. The van der Waals surface area contributed by atoms with Crippen LogP contribution >= 0.6 is 0 Å². The van der Waals surface area contributed by atoms with E-state index in [0.717, 1.165) is 31.9 Å². The Labute approximate surface area is 79.6 Å². The van der Waals surface area contributed by atoms with Gasteiger partial charge in [0.05, 0.1) is 0 Å². The molecule has 3 N–H and O–H groups in total. The molecule has 3 heteroatoms. The molecule has 0 aromatic rings. The van der Waals surface area contributed by atoms with E-state index in [1.807, 2.05) is 12.2 Å². The van der Waals surface area contributed by atoms with E-state index in [1.54, 1.807) is 12.3 Å². The van der Waals surface area contributed by atoms with Crippen molar-refractivity contribution in [1.82, 2.24) is 10.2 Å². The van der Waals surface area contributed by atoms with Gasteiger partial charge < -0.3 is 16.0 Å². The third-order valence-corrected chi connectivity index (χ3v) is 2.04. The average molecular weight is 179 g/mol. The second-order valence-corrected chi connectivity index (χ2v) is 2.92. The molecular formula is C10H17N3. The Kier molecular flexibility index (Phi) is 4.12. The van der Waals surface area contributed by atoms with Crippen LogP contribution in [-0.2, 0) is 0 Å². The van der Waals surface area contributed by atoms with E-state index in [0.29, 0.717) is 0 Å². The molecule has 1 aliphatic rings. The zero-order chi connectivity index (χ0) is 9.52. The van der Waals surface area contributed by atoms with Gasteiger partial charge in [0, 0.05) is 31.9 Å². The fourth-order valence-corrected chi connectivity index (χ4v) is 1.41. The summed E-state index contributed by atoms with van der Waals surface area (Å²) in [6.07, 6.45) is 7.25. The van der Waals surface area contributed by atoms with Gasteiger partial charge in [-0.05, 0) is 18.4 Å². The molecule has 1 rings (SSSR count). The van der Waals surface area contributed by atoms with Crippen molar-refractivity contribution in [2.45, 2.75) is 0 Å². The van der Waals surface area contributed by atoms with Crippen molar-refractivity contribution in [2.75, 3.05) is 26.2 Å². The van der Waals surface area contributed by atoms with Crippen molar-refractivity contribution in [3.05, 3.63) is 36.7 Å². The number of rotatable bonds is 3. The molecule has 0 aliphatic carbocycles. The lowest BCUT2D eigenvalue weighted by atomic mass is 10.2. The molecular weight excluding hydrogens is 162 g/mol. The van der Waals surface area contributed by atoms with Crippen molar-refractivity contribution in [3.8, 4) is 0 Å². The third kappa shape index (κ3) is 2.95. The first kappa shape index (κ1) is 9.86. The minimum atomic E-state index is 1.03. The topological polar surface area (TPSA) is 41.3 Å². The number of nitrogens with zero attached hydrogens (tertiary/aromatic N) is 1. The maximum Gasteiger partial charge on any atom is 0.0381 e. The van der Waals surface area contributed by atoms with Gasteiger partial charge in [-0.15, -0.1) is 0 Å². The second-order valence-electron chi connectivity index (χ2n) is 2.92. The molecule has 0 radical (unpaired) electrons. The number of hydrogen-bond acceptors (Lipinski definition) is 3. The van der Waals surface area contributed by atoms with Crippen molar-refractivity contribution in [2.24, 2.45) is 5.73 Å². The van der Waals surface area contributed by atoms with Crippen molar-refractivity contribution >= 4 is 0 Å². The van der Waals surface area contributed by atoms with Crippen LogP contribution < -0.4 is 11.1 Å². The monoisotopic (exact) mass is 179 g/mol. The van der Waals surface area contributed by atoms with Crippen LogP contribution in [0.15, 0.2) is 36.7 Å². The first-order valence-electron chi connectivity index (χ1n) is 4.55. The van der Waals surface area contributed by atoms with Crippen molar-refractivity contribution in [3.63, 3.8) is 0 Å². The van der Waals surface area contributed by atoms with Crippen LogP contribution in [0.5, 0.6) is 0 Å². The summed E-state index contributed by atoms with van der Waals surface area (Å²) in [5, 5.41) is 3.30. The molecule has 0 saturated carbocycles. The zero-order valence-corrected chi connectivity index (χ0v) is 7.87. The smallest absolute Gasteiger partial charge is 0.0381 e. The zero-order valence-electron chi connectivity index (χ0n) is 7.87. The molecule has 0 amide bonds. The van der Waals surface area contributed by atoms with Crippen molar-refractivity contribution < 1.29 is 0 Å². The number of allylic oxidation sites excluding steroid dienone is 3. The quantitative estimate of drug-likeness (QED) is 0.617. The van der Waals surface area contributed by atoms with Gasteiger partial charge in [0.15, 0.2) is 0 Å². The average Bonchev–Trinajstić information content (AvgIpc) is 2.19. The lowest BCUT2D eigenvalue weighted by molar-refractivity contribution is 0.307. The van der Waals surface area contributed by atoms with Gasteiger partial charge in [-0.3, -0.25) is 0 Å². The molecule has 0 spiro atoms. The Bertz CT molecular complexity index is 212. The highest BCUT2D eigenvalue weighted by Crippen LogP contribution is 2.06. The normalized spacial score (nSPS) is 19.4. The van der Waals surface area contributed by atoms with Gasteiger partial charge in [-0.1, -0.05) is 12.7 Å². The predicted molar refractivity (Wildman–Crippen MR) is 56.1 cm³/mol. The Morgan fingerprint density at radius 1 is 1.38 bits per heavy atom. The minimum Gasteiger partial charge on any atom is -0.405 e. The van der Waals surface area contributed by atoms with Gasteiger partial charge in [0.1, 0.15) is 0 Å². The molecule has 3 nitrogen and oxygen atoms in total. The van der Waals surface area contributed by atoms with E-state index in [4.69, 9.17) is 5.73 Å². The molecule has 0 unspecified atom stereocenters. The van der Waals surface area contributed by atoms with Crippen LogP contribution in [0, 0.1) is 0 Å². The summed E-state index contributed by atoms with van der Waals surface area (Å²) in [5.41, 5.74) is 6.51. The Hall–Kier alpha value is -1.22. The van der Waals surface area contributed by atoms with Crippen molar-refractivity contribution in [1.29, 1.82) is 0 Å². The SMILES string of the molecule is C=C/C=C(\C=C/N)N1CCNCC1. The summed E-state index contributed by atoms with van der Waals surface area (Å²) in [6.45, 7) is 7.82. The molecule has 72 valence electrons. The second kappa shape index (κ2) is 5.43. The molecule has 0 bridgehead atoms. The maximum absolute atomic E-state index is 5.37. The molecule has 1 heterocycles. The summed E-state index contributed by atoms with van der Waals surface area (Å²) in [4.78, 5) is 2.29. The summed E-state index contributed by atoms with van der Waals surface area (Å²) in [6, 6.07) is 0. The molecule has 1 fully saturated rings. The highest BCUT2D eigenvalue weighted by atomic mass is 15.2. The molecule has 0 aromatic carbocycles. The van der Waals surface area contributed by atoms with E-state index in [2.05, 4.69) is 16.8 Å². The lowest BCUT2D eigenvalue weighted by Crippen LogP contribution is -2.42. The van der Waals surface area contributed by atoms with Gasteiger partial charge in [0.2, 0.25) is 0 Å². The van der Waals surface area contributed by atoms with E-state index in [-0.39, 0.29) is 0 Å². The molecule has 13 heavy (non-hydrogen) atoms. The molecule has 0 atom stereocenters. The molecule has 1 aliphatic heterocycles. The standard InChI is InChI=1S/C10H17N3/c1-2-3-10(4-5-11)13-8-6-12-7-9-13/h2-5,12H,1,6-9,11H2/b5-4-,10-3+. The van der Waals surface area contributed by atoms with Crippen LogP contribution in [0.25, 0.3) is 0 Å². The van der Waals surface area contributed by atoms with E-state index in [1.165, 1.54) is 0 Å². The number of nitrogens with one attached hydrogen (secondary N) is 1. The fourth-order valence-electron chi connectivity index (χ4n) is 1.41. The Balaban J connectivity index is 2.62. The number of hydrogen-bond donors (Lipinski definition) is 2. The van der Waals surface area contributed by atoms with Crippen LogP contribution in [0.2, 0.25) is 0 Å². The molecule has 0 aromatic heterocycles.